The molecule has 0 amide bonds. The van der Waals surface area contributed by atoms with Crippen LogP contribution in [0.5, 0.6) is 0 Å². The molecule has 0 spiro atoms. The van der Waals surface area contributed by atoms with E-state index in [-0.39, 0.29) is 0 Å². The van der Waals surface area contributed by atoms with Gasteiger partial charge in [-0.3, -0.25) is 10.00 Å². The minimum Gasteiger partial charge on any atom is -0.460 e. The molecule has 23 heavy (non-hydrogen) atoms. The molecule has 2 atom stereocenters. The average Bonchev–Trinajstić information content (AvgIpc) is 3.16. The molecule has 5 heteroatoms. The third-order valence-electron chi connectivity index (χ3n) is 4.77. The number of likely N-dealkylation sites (tertiary alicyclic amines) is 1. The SMILES string of the molecule is Cc1ccc(-c2[nH]ncc2CNCC(C)N2CCCC(C)C2)o1. The van der Waals surface area contributed by atoms with Crippen LogP contribution in [-0.2, 0) is 6.54 Å². The lowest BCUT2D eigenvalue weighted by molar-refractivity contribution is 0.136. The molecule has 1 fully saturated rings. The molecule has 2 unspecified atom stereocenters. The van der Waals surface area contributed by atoms with Gasteiger partial charge in [0, 0.05) is 31.2 Å². The van der Waals surface area contributed by atoms with Gasteiger partial charge in [-0.05, 0) is 51.3 Å². The van der Waals surface area contributed by atoms with E-state index in [1.807, 2.05) is 25.3 Å². The van der Waals surface area contributed by atoms with E-state index in [1.165, 1.54) is 25.9 Å². The summed E-state index contributed by atoms with van der Waals surface area (Å²) in [6.07, 6.45) is 4.58. The molecule has 0 radical (unpaired) electrons. The van der Waals surface area contributed by atoms with Crippen LogP contribution in [0.3, 0.4) is 0 Å². The number of furan rings is 1. The van der Waals surface area contributed by atoms with Crippen LogP contribution >= 0.6 is 0 Å². The Morgan fingerprint density at radius 3 is 3.09 bits per heavy atom. The topological polar surface area (TPSA) is 57.1 Å². The summed E-state index contributed by atoms with van der Waals surface area (Å²) in [7, 11) is 0. The minimum absolute atomic E-state index is 0.568. The van der Waals surface area contributed by atoms with Gasteiger partial charge in [-0.2, -0.15) is 5.10 Å². The molecule has 2 N–H and O–H groups in total. The predicted octanol–water partition coefficient (Wildman–Crippen LogP) is 3.19. The second-order valence-corrected chi connectivity index (χ2v) is 6.90. The van der Waals surface area contributed by atoms with Gasteiger partial charge in [0.25, 0.3) is 0 Å². The zero-order chi connectivity index (χ0) is 16.2. The van der Waals surface area contributed by atoms with Crippen LogP contribution in [0.2, 0.25) is 0 Å². The Kier molecular flexibility index (Phi) is 5.18. The number of aromatic nitrogens is 2. The zero-order valence-electron chi connectivity index (χ0n) is 14.4. The number of H-pyrrole nitrogens is 1. The molecule has 0 saturated carbocycles. The molecule has 1 aliphatic heterocycles. The molecule has 0 aromatic carbocycles. The fourth-order valence-corrected chi connectivity index (χ4v) is 3.40. The fourth-order valence-electron chi connectivity index (χ4n) is 3.40. The number of nitrogens with one attached hydrogen (secondary N) is 2. The number of hydrogen-bond acceptors (Lipinski definition) is 4. The smallest absolute Gasteiger partial charge is 0.152 e. The Bertz CT molecular complexity index is 618. The first-order chi connectivity index (χ1) is 11.1. The van der Waals surface area contributed by atoms with Crippen molar-refractivity contribution in [2.45, 2.75) is 46.2 Å². The van der Waals surface area contributed by atoms with E-state index >= 15 is 0 Å². The highest BCUT2D eigenvalue weighted by molar-refractivity contribution is 5.56. The van der Waals surface area contributed by atoms with Crippen molar-refractivity contribution in [3.05, 3.63) is 29.7 Å². The van der Waals surface area contributed by atoms with Crippen molar-refractivity contribution in [1.29, 1.82) is 0 Å². The lowest BCUT2D eigenvalue weighted by Crippen LogP contribution is -2.45. The lowest BCUT2D eigenvalue weighted by atomic mass is 9.99. The van der Waals surface area contributed by atoms with Gasteiger partial charge in [0.05, 0.1) is 6.20 Å². The van der Waals surface area contributed by atoms with Crippen LogP contribution in [0.1, 0.15) is 38.0 Å². The summed E-state index contributed by atoms with van der Waals surface area (Å²) in [6.45, 7) is 10.9. The van der Waals surface area contributed by atoms with Crippen molar-refractivity contribution in [3.63, 3.8) is 0 Å². The maximum atomic E-state index is 5.70. The molecule has 3 rings (SSSR count). The van der Waals surface area contributed by atoms with E-state index in [2.05, 4.69) is 34.3 Å². The normalized spacial score (nSPS) is 20.7. The Morgan fingerprint density at radius 1 is 1.48 bits per heavy atom. The van der Waals surface area contributed by atoms with Crippen molar-refractivity contribution < 1.29 is 4.42 Å². The van der Waals surface area contributed by atoms with Crippen molar-refractivity contribution in [3.8, 4) is 11.5 Å². The molecule has 126 valence electrons. The van der Waals surface area contributed by atoms with Gasteiger partial charge in [-0.25, -0.2) is 0 Å². The van der Waals surface area contributed by atoms with E-state index in [0.29, 0.717) is 6.04 Å². The molecule has 3 heterocycles. The summed E-state index contributed by atoms with van der Waals surface area (Å²) in [4.78, 5) is 2.60. The first-order valence-corrected chi connectivity index (χ1v) is 8.67. The van der Waals surface area contributed by atoms with E-state index in [4.69, 9.17) is 4.42 Å². The molecular weight excluding hydrogens is 288 g/mol. The van der Waals surface area contributed by atoms with Gasteiger partial charge in [0.2, 0.25) is 0 Å². The molecule has 1 aliphatic rings. The number of hydrogen-bond donors (Lipinski definition) is 2. The summed E-state index contributed by atoms with van der Waals surface area (Å²) in [5.41, 5.74) is 2.13. The average molecular weight is 316 g/mol. The van der Waals surface area contributed by atoms with Crippen LogP contribution < -0.4 is 5.32 Å². The van der Waals surface area contributed by atoms with Crippen molar-refractivity contribution in [1.82, 2.24) is 20.4 Å². The second-order valence-electron chi connectivity index (χ2n) is 6.90. The maximum absolute atomic E-state index is 5.70. The van der Waals surface area contributed by atoms with E-state index < -0.39 is 0 Å². The number of aromatic amines is 1. The molecule has 0 bridgehead atoms. The van der Waals surface area contributed by atoms with Gasteiger partial charge >= 0.3 is 0 Å². The van der Waals surface area contributed by atoms with Crippen LogP contribution in [0.15, 0.2) is 22.7 Å². The van der Waals surface area contributed by atoms with Gasteiger partial charge in [-0.1, -0.05) is 6.92 Å². The predicted molar refractivity (Wildman–Crippen MR) is 92.2 cm³/mol. The molecular formula is C18H28N4O. The first kappa shape index (κ1) is 16.3. The number of aryl methyl sites for hydroxylation is 1. The number of piperidine rings is 1. The quantitative estimate of drug-likeness (QED) is 0.859. The standard InChI is InChI=1S/C18H28N4O/c1-13-5-4-8-22(12-13)14(2)9-19-10-16-11-20-21-18(16)17-7-6-15(3)23-17/h6-7,11,13-14,19H,4-5,8-10,12H2,1-3H3,(H,20,21). The maximum Gasteiger partial charge on any atom is 0.152 e. The Balaban J connectivity index is 1.52. The van der Waals surface area contributed by atoms with E-state index in [1.54, 1.807) is 0 Å². The largest absolute Gasteiger partial charge is 0.460 e. The van der Waals surface area contributed by atoms with Gasteiger partial charge in [0.1, 0.15) is 11.5 Å². The Labute approximate surface area is 138 Å². The van der Waals surface area contributed by atoms with Crippen molar-refractivity contribution >= 4 is 0 Å². The summed E-state index contributed by atoms with van der Waals surface area (Å²) in [5, 5.41) is 10.8. The van der Waals surface area contributed by atoms with Gasteiger partial charge in [-0.15, -0.1) is 0 Å². The summed E-state index contributed by atoms with van der Waals surface area (Å²) < 4.78 is 5.70. The summed E-state index contributed by atoms with van der Waals surface area (Å²) in [6, 6.07) is 4.54. The van der Waals surface area contributed by atoms with E-state index in [9.17, 15) is 0 Å². The molecule has 0 aliphatic carbocycles. The zero-order valence-corrected chi connectivity index (χ0v) is 14.4. The van der Waals surface area contributed by atoms with Crippen molar-refractivity contribution in [2.75, 3.05) is 19.6 Å². The molecule has 1 saturated heterocycles. The van der Waals surface area contributed by atoms with Crippen molar-refractivity contribution in [2.24, 2.45) is 5.92 Å². The molecule has 2 aromatic rings. The first-order valence-electron chi connectivity index (χ1n) is 8.67. The monoisotopic (exact) mass is 316 g/mol. The summed E-state index contributed by atoms with van der Waals surface area (Å²) >= 11 is 0. The van der Waals surface area contributed by atoms with Crippen LogP contribution in [0, 0.1) is 12.8 Å². The Hall–Kier alpha value is -1.59. The third-order valence-corrected chi connectivity index (χ3v) is 4.77. The van der Waals surface area contributed by atoms with Crippen LogP contribution in [-0.4, -0.2) is 40.8 Å². The van der Waals surface area contributed by atoms with E-state index in [0.717, 1.165) is 41.8 Å². The minimum atomic E-state index is 0.568. The molecule has 5 nitrogen and oxygen atoms in total. The number of nitrogens with zero attached hydrogens (tertiary/aromatic N) is 2. The molecule has 2 aromatic heterocycles. The van der Waals surface area contributed by atoms with Crippen LogP contribution in [0.4, 0.5) is 0 Å². The van der Waals surface area contributed by atoms with Gasteiger partial charge in [0.15, 0.2) is 5.76 Å². The summed E-state index contributed by atoms with van der Waals surface area (Å²) in [5.74, 6) is 2.60. The highest BCUT2D eigenvalue weighted by Crippen LogP contribution is 2.23. The highest BCUT2D eigenvalue weighted by Gasteiger charge is 2.20. The van der Waals surface area contributed by atoms with Crippen LogP contribution in [0.25, 0.3) is 11.5 Å². The van der Waals surface area contributed by atoms with Gasteiger partial charge < -0.3 is 9.73 Å². The third kappa shape index (κ3) is 4.03. The Morgan fingerprint density at radius 2 is 2.35 bits per heavy atom. The lowest BCUT2D eigenvalue weighted by Gasteiger charge is -2.35. The highest BCUT2D eigenvalue weighted by atomic mass is 16.3. The number of rotatable bonds is 6. The fraction of sp³-hybridized carbons (Fsp3) is 0.611. The second kappa shape index (κ2) is 7.32.